The van der Waals surface area contributed by atoms with Crippen molar-refractivity contribution in [3.8, 4) is 0 Å². The lowest BCUT2D eigenvalue weighted by molar-refractivity contribution is 0.578. The summed E-state index contributed by atoms with van der Waals surface area (Å²) in [5, 5.41) is 3.23. The van der Waals surface area contributed by atoms with Gasteiger partial charge in [-0.3, -0.25) is 0 Å². The Labute approximate surface area is 120 Å². The topological polar surface area (TPSA) is 58.2 Å². The molecule has 1 rings (SSSR count). The summed E-state index contributed by atoms with van der Waals surface area (Å²) in [6, 6.07) is 3.61. The second-order valence-corrected chi connectivity index (χ2v) is 7.59. The molecule has 2 N–H and O–H groups in total. The first-order valence-electron chi connectivity index (χ1n) is 6.89. The minimum Gasteiger partial charge on any atom is -0.317 e. The van der Waals surface area contributed by atoms with Crippen molar-refractivity contribution in [1.29, 1.82) is 0 Å². The summed E-state index contributed by atoms with van der Waals surface area (Å²) in [6.45, 7) is 6.52. The van der Waals surface area contributed by atoms with Crippen molar-refractivity contribution < 1.29 is 8.42 Å². The number of hydrogen-bond acceptors (Lipinski definition) is 4. The summed E-state index contributed by atoms with van der Waals surface area (Å²) in [6.07, 6.45) is 3.93. The van der Waals surface area contributed by atoms with Crippen LogP contribution < -0.4 is 10.0 Å². The third-order valence-corrected chi connectivity index (χ3v) is 5.87. The smallest absolute Gasteiger partial charge is 0.250 e. The first-order chi connectivity index (χ1) is 9.10. The Morgan fingerprint density at radius 3 is 2.63 bits per heavy atom. The molecule has 0 aliphatic rings. The fourth-order valence-corrected chi connectivity index (χ4v) is 4.15. The van der Waals surface area contributed by atoms with Crippen LogP contribution in [-0.2, 0) is 16.4 Å². The van der Waals surface area contributed by atoms with E-state index >= 15 is 0 Å². The first-order valence-corrected chi connectivity index (χ1v) is 9.19. The normalized spacial score (nSPS) is 11.9. The highest BCUT2D eigenvalue weighted by Gasteiger charge is 2.15. The van der Waals surface area contributed by atoms with Crippen LogP contribution in [0.3, 0.4) is 0 Å². The van der Waals surface area contributed by atoms with E-state index in [4.69, 9.17) is 0 Å². The van der Waals surface area contributed by atoms with Crippen LogP contribution in [-0.4, -0.2) is 28.1 Å². The Bertz CT molecular complexity index is 455. The summed E-state index contributed by atoms with van der Waals surface area (Å²) in [7, 11) is -3.30. The molecule has 19 heavy (non-hydrogen) atoms. The Kier molecular flexibility index (Phi) is 7.60. The van der Waals surface area contributed by atoms with E-state index in [9.17, 15) is 8.42 Å². The lowest BCUT2D eigenvalue weighted by atomic mass is 10.3. The number of nitrogens with one attached hydrogen (secondary N) is 2. The van der Waals surface area contributed by atoms with Crippen LogP contribution in [0.2, 0.25) is 0 Å². The molecule has 0 spiro atoms. The predicted molar refractivity (Wildman–Crippen MR) is 81.3 cm³/mol. The van der Waals surface area contributed by atoms with Gasteiger partial charge in [0.1, 0.15) is 4.21 Å². The van der Waals surface area contributed by atoms with E-state index in [1.165, 1.54) is 11.3 Å². The number of sulfonamides is 1. The maximum Gasteiger partial charge on any atom is 0.250 e. The highest BCUT2D eigenvalue weighted by atomic mass is 32.2. The molecular weight excluding hydrogens is 280 g/mol. The third kappa shape index (κ3) is 6.03. The van der Waals surface area contributed by atoms with Crippen LogP contribution in [0.4, 0.5) is 0 Å². The molecule has 0 aromatic carbocycles. The molecule has 110 valence electrons. The Balaban J connectivity index is 2.49. The highest BCUT2D eigenvalue weighted by molar-refractivity contribution is 7.91. The second-order valence-electron chi connectivity index (χ2n) is 4.43. The summed E-state index contributed by atoms with van der Waals surface area (Å²) < 4.78 is 27.1. The lowest BCUT2D eigenvalue weighted by Gasteiger charge is -2.03. The van der Waals surface area contributed by atoms with Crippen LogP contribution in [0.25, 0.3) is 0 Å². The zero-order chi connectivity index (χ0) is 14.1. The quantitative estimate of drug-likeness (QED) is 0.653. The molecular formula is C13H24N2O2S2. The van der Waals surface area contributed by atoms with Gasteiger partial charge in [-0.1, -0.05) is 26.7 Å². The molecule has 1 heterocycles. The van der Waals surface area contributed by atoms with Crippen LogP contribution >= 0.6 is 11.3 Å². The highest BCUT2D eigenvalue weighted by Crippen LogP contribution is 2.21. The Morgan fingerprint density at radius 2 is 1.95 bits per heavy atom. The Morgan fingerprint density at radius 1 is 1.16 bits per heavy atom. The van der Waals surface area contributed by atoms with E-state index in [1.807, 2.05) is 6.07 Å². The van der Waals surface area contributed by atoms with Gasteiger partial charge in [0.25, 0.3) is 0 Å². The van der Waals surface area contributed by atoms with E-state index in [-0.39, 0.29) is 0 Å². The van der Waals surface area contributed by atoms with Crippen molar-refractivity contribution >= 4 is 21.4 Å². The minimum atomic E-state index is -3.30. The van der Waals surface area contributed by atoms with Gasteiger partial charge in [-0.05, 0) is 38.1 Å². The second kappa shape index (κ2) is 8.68. The van der Waals surface area contributed by atoms with E-state index < -0.39 is 10.0 Å². The number of hydrogen-bond donors (Lipinski definition) is 2. The van der Waals surface area contributed by atoms with Crippen molar-refractivity contribution in [3.05, 3.63) is 17.0 Å². The van der Waals surface area contributed by atoms with E-state index in [2.05, 4.69) is 23.9 Å². The molecule has 0 atom stereocenters. The summed E-state index contributed by atoms with van der Waals surface area (Å²) >= 11 is 1.36. The predicted octanol–water partition coefficient (Wildman–Crippen LogP) is 2.37. The molecule has 0 bridgehead atoms. The fraction of sp³-hybridized carbons (Fsp3) is 0.692. The van der Waals surface area contributed by atoms with Gasteiger partial charge >= 0.3 is 0 Å². The number of rotatable bonds is 10. The van der Waals surface area contributed by atoms with Crippen molar-refractivity contribution in [2.45, 2.75) is 43.7 Å². The maximum absolute atomic E-state index is 12.0. The SMILES string of the molecule is CCCCCNS(=O)(=O)c1ccc(CCNCC)s1. The van der Waals surface area contributed by atoms with Crippen LogP contribution in [0.5, 0.6) is 0 Å². The van der Waals surface area contributed by atoms with Gasteiger partial charge in [-0.15, -0.1) is 11.3 Å². The molecule has 0 saturated heterocycles. The third-order valence-electron chi connectivity index (χ3n) is 2.77. The number of thiophene rings is 1. The maximum atomic E-state index is 12.0. The molecule has 0 aliphatic heterocycles. The van der Waals surface area contributed by atoms with Gasteiger partial charge in [-0.2, -0.15) is 0 Å². The van der Waals surface area contributed by atoms with Gasteiger partial charge in [0, 0.05) is 11.4 Å². The molecule has 1 aromatic rings. The van der Waals surface area contributed by atoms with Gasteiger partial charge in [0.15, 0.2) is 0 Å². The zero-order valence-electron chi connectivity index (χ0n) is 11.7. The average Bonchev–Trinajstić information content (AvgIpc) is 2.85. The summed E-state index contributed by atoms with van der Waals surface area (Å²) in [5.74, 6) is 0. The first kappa shape index (κ1) is 16.6. The average molecular weight is 304 g/mol. The Hall–Kier alpha value is -0.430. The van der Waals surface area contributed by atoms with Crippen molar-refractivity contribution in [2.75, 3.05) is 19.6 Å². The lowest BCUT2D eigenvalue weighted by Crippen LogP contribution is -2.23. The van der Waals surface area contributed by atoms with Gasteiger partial charge in [-0.25, -0.2) is 13.1 Å². The molecule has 0 aliphatic carbocycles. The minimum absolute atomic E-state index is 0.426. The molecule has 1 aromatic heterocycles. The van der Waals surface area contributed by atoms with Crippen molar-refractivity contribution in [3.63, 3.8) is 0 Å². The molecule has 0 saturated carbocycles. The largest absolute Gasteiger partial charge is 0.317 e. The van der Waals surface area contributed by atoms with E-state index in [1.54, 1.807) is 6.07 Å². The number of unbranched alkanes of at least 4 members (excludes halogenated alkanes) is 2. The monoisotopic (exact) mass is 304 g/mol. The van der Waals surface area contributed by atoms with E-state index in [0.29, 0.717) is 10.8 Å². The molecule has 0 radical (unpaired) electrons. The summed E-state index contributed by atoms with van der Waals surface area (Å²) in [5.41, 5.74) is 0. The fourth-order valence-electron chi connectivity index (χ4n) is 1.68. The molecule has 0 unspecified atom stereocenters. The van der Waals surface area contributed by atoms with Crippen LogP contribution in [0, 0.1) is 0 Å². The molecule has 4 nitrogen and oxygen atoms in total. The van der Waals surface area contributed by atoms with Crippen LogP contribution in [0.1, 0.15) is 38.0 Å². The summed E-state index contributed by atoms with van der Waals surface area (Å²) in [4.78, 5) is 1.11. The molecule has 0 amide bonds. The van der Waals surface area contributed by atoms with Gasteiger partial charge < -0.3 is 5.32 Å². The van der Waals surface area contributed by atoms with E-state index in [0.717, 1.165) is 43.6 Å². The van der Waals surface area contributed by atoms with Crippen molar-refractivity contribution in [2.24, 2.45) is 0 Å². The molecule has 6 heteroatoms. The standard InChI is InChI=1S/C13H24N2O2S2/c1-3-5-6-10-15-19(16,17)13-8-7-12(18-13)9-11-14-4-2/h7-8,14-15H,3-6,9-11H2,1-2H3. The molecule has 0 fully saturated rings. The number of likely N-dealkylation sites (N-methyl/N-ethyl adjacent to an activating group) is 1. The van der Waals surface area contributed by atoms with Crippen LogP contribution in [0.15, 0.2) is 16.3 Å². The van der Waals surface area contributed by atoms with Gasteiger partial charge in [0.2, 0.25) is 10.0 Å². The van der Waals surface area contributed by atoms with Gasteiger partial charge in [0.05, 0.1) is 0 Å². The zero-order valence-corrected chi connectivity index (χ0v) is 13.4. The van der Waals surface area contributed by atoms with Crippen molar-refractivity contribution in [1.82, 2.24) is 10.0 Å².